The van der Waals surface area contributed by atoms with Gasteiger partial charge in [0.05, 0.1) is 37.7 Å². The molecule has 0 aliphatic heterocycles. The third-order valence-corrected chi connectivity index (χ3v) is 7.16. The topological polar surface area (TPSA) is 110 Å². The van der Waals surface area contributed by atoms with Crippen molar-refractivity contribution in [2.45, 2.75) is 25.9 Å². The van der Waals surface area contributed by atoms with Crippen LogP contribution in [0.4, 0.5) is 11.4 Å². The number of aromatic amines is 1. The van der Waals surface area contributed by atoms with E-state index in [1.807, 2.05) is 40.4 Å². The summed E-state index contributed by atoms with van der Waals surface area (Å²) >= 11 is 1.64. The van der Waals surface area contributed by atoms with Crippen LogP contribution in [0.5, 0.6) is 0 Å². The van der Waals surface area contributed by atoms with E-state index in [-0.39, 0.29) is 24.6 Å². The molecular formula is C28H29N5O4S. The molecule has 0 atom stereocenters. The Morgan fingerprint density at radius 2 is 2.03 bits per heavy atom. The number of esters is 1. The Morgan fingerprint density at radius 1 is 1.16 bits per heavy atom. The zero-order valence-corrected chi connectivity index (χ0v) is 22.1. The summed E-state index contributed by atoms with van der Waals surface area (Å²) in [5.74, 6) is -0.805. The quantitative estimate of drug-likeness (QED) is 0.202. The first-order valence-corrected chi connectivity index (χ1v) is 13.2. The maximum Gasteiger partial charge on any atom is 0.356 e. The maximum atomic E-state index is 13.1. The number of carbonyl (C=O) groups excluding carboxylic acids is 2. The molecule has 5 aromatic rings. The molecule has 4 heterocycles. The van der Waals surface area contributed by atoms with Crippen molar-refractivity contribution >= 4 is 56.5 Å². The molecule has 0 spiro atoms. The minimum atomic E-state index is -0.545. The molecule has 0 radical (unpaired) electrons. The van der Waals surface area contributed by atoms with Gasteiger partial charge in [-0.1, -0.05) is 18.2 Å². The zero-order chi connectivity index (χ0) is 26.5. The molecule has 0 saturated heterocycles. The summed E-state index contributed by atoms with van der Waals surface area (Å²) in [7, 11) is 2.88. The summed E-state index contributed by atoms with van der Waals surface area (Å²) in [5.41, 5.74) is 5.36. The van der Waals surface area contributed by atoms with Crippen LogP contribution in [0.2, 0.25) is 0 Å². The monoisotopic (exact) mass is 531 g/mol. The van der Waals surface area contributed by atoms with Gasteiger partial charge in [0, 0.05) is 42.7 Å². The van der Waals surface area contributed by atoms with E-state index in [0.29, 0.717) is 36.2 Å². The van der Waals surface area contributed by atoms with Crippen molar-refractivity contribution < 1.29 is 19.1 Å². The van der Waals surface area contributed by atoms with Gasteiger partial charge in [-0.3, -0.25) is 4.79 Å². The smallest absolute Gasteiger partial charge is 0.356 e. The predicted octanol–water partition coefficient (Wildman–Crippen LogP) is 5.20. The van der Waals surface area contributed by atoms with Crippen LogP contribution in [-0.2, 0) is 33.8 Å². The van der Waals surface area contributed by atoms with Gasteiger partial charge in [-0.25, -0.2) is 9.78 Å². The Morgan fingerprint density at radius 3 is 2.82 bits per heavy atom. The van der Waals surface area contributed by atoms with Crippen molar-refractivity contribution in [2.24, 2.45) is 0 Å². The number of hydrogen-bond donors (Lipinski definition) is 3. The van der Waals surface area contributed by atoms with Crippen LogP contribution in [0.25, 0.3) is 21.9 Å². The van der Waals surface area contributed by atoms with Gasteiger partial charge in [0.2, 0.25) is 5.91 Å². The molecule has 9 nitrogen and oxygen atoms in total. The van der Waals surface area contributed by atoms with Crippen molar-refractivity contribution in [1.29, 1.82) is 0 Å². The van der Waals surface area contributed by atoms with Gasteiger partial charge in [0.1, 0.15) is 5.65 Å². The summed E-state index contributed by atoms with van der Waals surface area (Å²) < 4.78 is 12.1. The van der Waals surface area contributed by atoms with Crippen molar-refractivity contribution in [2.75, 3.05) is 31.5 Å². The summed E-state index contributed by atoms with van der Waals surface area (Å²) in [6.45, 7) is 1.37. The first-order chi connectivity index (χ1) is 18.6. The number of hydrogen-bond acceptors (Lipinski definition) is 7. The van der Waals surface area contributed by atoms with Crippen LogP contribution in [0, 0.1) is 0 Å². The highest BCUT2D eigenvalue weighted by molar-refractivity contribution is 7.07. The van der Waals surface area contributed by atoms with Gasteiger partial charge in [-0.15, -0.1) is 0 Å². The Kier molecular flexibility index (Phi) is 7.71. The van der Waals surface area contributed by atoms with E-state index in [2.05, 4.69) is 33.1 Å². The number of nitrogens with zero attached hydrogens (tertiary/aromatic N) is 2. The van der Waals surface area contributed by atoms with Crippen molar-refractivity contribution in [3.63, 3.8) is 0 Å². The second-order valence-electron chi connectivity index (χ2n) is 8.85. The van der Waals surface area contributed by atoms with Gasteiger partial charge in [0.25, 0.3) is 0 Å². The van der Waals surface area contributed by atoms with E-state index in [1.54, 1.807) is 24.6 Å². The van der Waals surface area contributed by atoms with Crippen molar-refractivity contribution in [3.05, 3.63) is 76.4 Å². The highest BCUT2D eigenvalue weighted by Crippen LogP contribution is 2.33. The SMILES string of the molecule is COCCC(=O)Nc1c(C(=O)OC)n(CCc2c[nH]c3ccccc23)c2ncc(NCc3ccsc3)cc12. The van der Waals surface area contributed by atoms with Gasteiger partial charge >= 0.3 is 5.97 Å². The van der Waals surface area contributed by atoms with E-state index in [4.69, 9.17) is 14.5 Å². The van der Waals surface area contributed by atoms with Crippen molar-refractivity contribution in [3.8, 4) is 0 Å². The number of anilines is 2. The molecule has 5 rings (SSSR count). The molecule has 0 aliphatic carbocycles. The summed E-state index contributed by atoms with van der Waals surface area (Å²) in [4.78, 5) is 33.9. The van der Waals surface area contributed by atoms with E-state index >= 15 is 0 Å². The maximum absolute atomic E-state index is 13.1. The molecule has 0 saturated carbocycles. The summed E-state index contributed by atoms with van der Waals surface area (Å²) in [6.07, 6.45) is 4.54. The number of pyridine rings is 1. The Labute approximate surface area is 223 Å². The fraction of sp³-hybridized carbons (Fsp3) is 0.250. The number of rotatable bonds is 11. The molecule has 10 heteroatoms. The molecule has 4 aromatic heterocycles. The number of nitrogens with one attached hydrogen (secondary N) is 3. The van der Waals surface area contributed by atoms with Gasteiger partial charge in [-0.2, -0.15) is 11.3 Å². The number of H-pyrrole nitrogens is 1. The Hall–Kier alpha value is -4.15. The van der Waals surface area contributed by atoms with Crippen LogP contribution in [-0.4, -0.2) is 47.2 Å². The highest BCUT2D eigenvalue weighted by atomic mass is 32.1. The molecule has 196 valence electrons. The van der Waals surface area contributed by atoms with Crippen LogP contribution in [0.3, 0.4) is 0 Å². The number of aryl methyl sites for hydroxylation is 2. The lowest BCUT2D eigenvalue weighted by atomic mass is 10.1. The van der Waals surface area contributed by atoms with Gasteiger partial charge < -0.3 is 29.7 Å². The minimum Gasteiger partial charge on any atom is -0.464 e. The summed E-state index contributed by atoms with van der Waals surface area (Å²) in [6, 6.07) is 12.1. The number of fused-ring (bicyclic) bond motifs is 2. The standard InChI is InChI=1S/C28H29N5O4S/c1-36-11-8-24(34)32-25-22-13-20(29-14-18-9-12-38-17-18)16-31-27(22)33(26(25)28(35)37-2)10-7-19-15-30-23-6-4-3-5-21(19)23/h3-6,9,12-13,15-17,29-30H,7-8,10-11,14H2,1-2H3,(H,32,34). The Balaban J connectivity index is 1.55. The van der Waals surface area contributed by atoms with Crippen LogP contribution in [0.15, 0.2) is 59.6 Å². The average molecular weight is 532 g/mol. The average Bonchev–Trinajstić information content (AvgIpc) is 3.67. The number of para-hydroxylation sites is 1. The molecule has 1 amide bonds. The molecule has 0 aliphatic rings. The lowest BCUT2D eigenvalue weighted by molar-refractivity contribution is -0.117. The minimum absolute atomic E-state index is 0.155. The Bertz CT molecular complexity index is 1570. The number of benzene rings is 1. The molecule has 0 fully saturated rings. The fourth-order valence-corrected chi connectivity index (χ4v) is 5.21. The number of ether oxygens (including phenoxy) is 2. The third kappa shape index (κ3) is 5.27. The number of methoxy groups -OCH3 is 2. The highest BCUT2D eigenvalue weighted by Gasteiger charge is 2.26. The normalized spacial score (nSPS) is 11.2. The van der Waals surface area contributed by atoms with E-state index < -0.39 is 5.97 Å². The largest absolute Gasteiger partial charge is 0.464 e. The van der Waals surface area contributed by atoms with Crippen LogP contribution >= 0.6 is 11.3 Å². The number of aromatic nitrogens is 3. The number of thiophene rings is 1. The van der Waals surface area contributed by atoms with Crippen LogP contribution in [0.1, 0.15) is 28.0 Å². The molecule has 3 N–H and O–H groups in total. The molecule has 0 unspecified atom stereocenters. The van der Waals surface area contributed by atoms with Crippen LogP contribution < -0.4 is 10.6 Å². The molecular weight excluding hydrogens is 502 g/mol. The number of amides is 1. The lowest BCUT2D eigenvalue weighted by Crippen LogP contribution is -2.18. The second-order valence-corrected chi connectivity index (χ2v) is 9.63. The predicted molar refractivity (Wildman–Crippen MR) is 150 cm³/mol. The molecule has 1 aromatic carbocycles. The fourth-order valence-electron chi connectivity index (χ4n) is 4.54. The van der Waals surface area contributed by atoms with E-state index in [1.165, 1.54) is 7.11 Å². The van der Waals surface area contributed by atoms with Crippen molar-refractivity contribution in [1.82, 2.24) is 14.5 Å². The van der Waals surface area contributed by atoms with E-state index in [0.717, 1.165) is 27.7 Å². The summed E-state index contributed by atoms with van der Waals surface area (Å²) in [5, 5.41) is 12.2. The molecule has 38 heavy (non-hydrogen) atoms. The third-order valence-electron chi connectivity index (χ3n) is 6.43. The van der Waals surface area contributed by atoms with Gasteiger partial charge in [0.15, 0.2) is 5.69 Å². The first-order valence-electron chi connectivity index (χ1n) is 12.3. The first kappa shape index (κ1) is 25.5. The van der Waals surface area contributed by atoms with E-state index in [9.17, 15) is 9.59 Å². The zero-order valence-electron chi connectivity index (χ0n) is 21.2. The lowest BCUT2D eigenvalue weighted by Gasteiger charge is -2.11. The van der Waals surface area contributed by atoms with Gasteiger partial charge in [-0.05, 0) is 46.5 Å². The molecule has 0 bridgehead atoms. The number of carbonyl (C=O) groups is 2. The second kappa shape index (κ2) is 11.5.